The first-order valence-corrected chi connectivity index (χ1v) is 8.24. The summed E-state index contributed by atoms with van der Waals surface area (Å²) < 4.78 is 0. The predicted octanol–water partition coefficient (Wildman–Crippen LogP) is 5.77. The Labute approximate surface area is 115 Å². The van der Waals surface area contributed by atoms with Crippen LogP contribution in [0.1, 0.15) is 74.1 Å². The molecule has 0 radical (unpaired) electrons. The smallest absolute Gasteiger partial charge is 0.0274 e. The first-order valence-electron chi connectivity index (χ1n) is 8.24. The Morgan fingerprint density at radius 2 is 1.78 bits per heavy atom. The van der Waals surface area contributed by atoms with Crippen molar-refractivity contribution >= 4 is 0 Å². The number of rotatable bonds is 6. The fraction of sp³-hybridized carbons (Fsp3) is 1.00. The SMILES string of the molecule is CCC(C)(C(C)CC1(C)CC1C)C(C)C1CC1C. The van der Waals surface area contributed by atoms with Crippen molar-refractivity contribution in [2.45, 2.75) is 74.1 Å². The molecule has 0 nitrogen and oxygen atoms in total. The summed E-state index contributed by atoms with van der Waals surface area (Å²) in [4.78, 5) is 0. The molecule has 2 rings (SSSR count). The van der Waals surface area contributed by atoms with Gasteiger partial charge in [-0.3, -0.25) is 0 Å². The molecule has 2 aliphatic carbocycles. The highest BCUT2D eigenvalue weighted by Crippen LogP contribution is 2.60. The maximum atomic E-state index is 2.57. The predicted molar refractivity (Wildman–Crippen MR) is 80.5 cm³/mol. The molecule has 0 aliphatic heterocycles. The molecule has 0 N–H and O–H groups in total. The molecule has 2 saturated carbocycles. The van der Waals surface area contributed by atoms with E-state index >= 15 is 0 Å². The quantitative estimate of drug-likeness (QED) is 0.561. The molecule has 106 valence electrons. The lowest BCUT2D eigenvalue weighted by Gasteiger charge is -2.42. The molecule has 2 fully saturated rings. The van der Waals surface area contributed by atoms with Gasteiger partial charge in [-0.1, -0.05) is 54.9 Å². The zero-order valence-corrected chi connectivity index (χ0v) is 13.7. The third-order valence-electron chi connectivity index (χ3n) is 7.32. The van der Waals surface area contributed by atoms with Crippen LogP contribution in [0.4, 0.5) is 0 Å². The topological polar surface area (TPSA) is 0 Å². The van der Waals surface area contributed by atoms with Gasteiger partial charge in [0.1, 0.15) is 0 Å². The largest absolute Gasteiger partial charge is 0.0648 e. The van der Waals surface area contributed by atoms with Gasteiger partial charge in [-0.25, -0.2) is 0 Å². The first kappa shape index (κ1) is 14.4. The summed E-state index contributed by atoms with van der Waals surface area (Å²) in [6, 6.07) is 0. The van der Waals surface area contributed by atoms with E-state index in [-0.39, 0.29) is 0 Å². The van der Waals surface area contributed by atoms with E-state index in [4.69, 9.17) is 0 Å². The lowest BCUT2D eigenvalue weighted by Crippen LogP contribution is -2.35. The summed E-state index contributed by atoms with van der Waals surface area (Å²) in [6.07, 6.45) is 5.75. The monoisotopic (exact) mass is 250 g/mol. The Hall–Kier alpha value is 0. The Kier molecular flexibility index (Phi) is 3.63. The number of hydrogen-bond donors (Lipinski definition) is 0. The molecule has 2 aliphatic rings. The van der Waals surface area contributed by atoms with E-state index in [1.54, 1.807) is 0 Å². The van der Waals surface area contributed by atoms with Gasteiger partial charge in [-0.15, -0.1) is 0 Å². The molecule has 0 aromatic rings. The van der Waals surface area contributed by atoms with Crippen LogP contribution >= 0.6 is 0 Å². The summed E-state index contributed by atoms with van der Waals surface area (Å²) in [5.74, 6) is 4.76. The van der Waals surface area contributed by atoms with Crippen molar-refractivity contribution in [1.29, 1.82) is 0 Å². The molecular weight excluding hydrogens is 216 g/mol. The minimum absolute atomic E-state index is 0.556. The molecule has 0 aromatic carbocycles. The average Bonchev–Trinajstić information content (AvgIpc) is 3.16. The lowest BCUT2D eigenvalue weighted by atomic mass is 9.63. The second-order valence-electron chi connectivity index (χ2n) is 8.39. The fourth-order valence-electron chi connectivity index (χ4n) is 4.51. The Morgan fingerprint density at radius 1 is 1.28 bits per heavy atom. The van der Waals surface area contributed by atoms with Gasteiger partial charge in [-0.2, -0.15) is 0 Å². The van der Waals surface area contributed by atoms with Crippen LogP contribution in [0, 0.1) is 40.4 Å². The van der Waals surface area contributed by atoms with E-state index in [1.165, 1.54) is 25.7 Å². The molecule has 7 atom stereocenters. The fourth-order valence-corrected chi connectivity index (χ4v) is 4.51. The summed E-state index contributed by atoms with van der Waals surface area (Å²) >= 11 is 0. The van der Waals surface area contributed by atoms with Crippen molar-refractivity contribution in [3.63, 3.8) is 0 Å². The molecule has 7 unspecified atom stereocenters. The summed E-state index contributed by atoms with van der Waals surface area (Å²) in [7, 11) is 0. The molecule has 0 heteroatoms. The highest BCUT2D eigenvalue weighted by molar-refractivity contribution is 5.01. The normalized spacial score (nSPS) is 45.2. The summed E-state index contributed by atoms with van der Waals surface area (Å²) in [6.45, 7) is 17.4. The molecule has 0 aromatic heterocycles. The Balaban J connectivity index is 2.01. The third kappa shape index (κ3) is 2.37. The van der Waals surface area contributed by atoms with Crippen molar-refractivity contribution in [1.82, 2.24) is 0 Å². The van der Waals surface area contributed by atoms with Crippen molar-refractivity contribution in [3.8, 4) is 0 Å². The minimum atomic E-state index is 0.556. The van der Waals surface area contributed by atoms with Crippen molar-refractivity contribution in [2.24, 2.45) is 40.4 Å². The lowest BCUT2D eigenvalue weighted by molar-refractivity contribution is 0.0685. The van der Waals surface area contributed by atoms with Crippen LogP contribution in [-0.2, 0) is 0 Å². The maximum Gasteiger partial charge on any atom is -0.0274 e. The van der Waals surface area contributed by atoms with Crippen molar-refractivity contribution in [2.75, 3.05) is 0 Å². The molecule has 0 saturated heterocycles. The summed E-state index contributed by atoms with van der Waals surface area (Å²) in [5, 5.41) is 0. The van der Waals surface area contributed by atoms with E-state index in [2.05, 4.69) is 48.5 Å². The molecule has 18 heavy (non-hydrogen) atoms. The average molecular weight is 250 g/mol. The van der Waals surface area contributed by atoms with Gasteiger partial charge in [0.05, 0.1) is 0 Å². The maximum absolute atomic E-state index is 2.57. The Morgan fingerprint density at radius 3 is 2.11 bits per heavy atom. The van der Waals surface area contributed by atoms with E-state index < -0.39 is 0 Å². The third-order valence-corrected chi connectivity index (χ3v) is 7.32. The van der Waals surface area contributed by atoms with E-state index in [9.17, 15) is 0 Å². The molecule has 0 amide bonds. The van der Waals surface area contributed by atoms with Crippen LogP contribution in [0.15, 0.2) is 0 Å². The highest BCUT2D eigenvalue weighted by atomic mass is 14.6. The van der Waals surface area contributed by atoms with E-state index in [1.807, 2.05) is 0 Å². The van der Waals surface area contributed by atoms with Crippen LogP contribution in [0.3, 0.4) is 0 Å². The van der Waals surface area contributed by atoms with Crippen LogP contribution in [0.5, 0.6) is 0 Å². The second kappa shape index (κ2) is 4.53. The zero-order chi connectivity index (χ0) is 13.7. The van der Waals surface area contributed by atoms with Crippen molar-refractivity contribution < 1.29 is 0 Å². The summed E-state index contributed by atoms with van der Waals surface area (Å²) in [5.41, 5.74) is 1.23. The standard InChI is InChI=1S/C18H34/c1-8-18(7,15(5)16-9-12(16)2)14(4)11-17(6)10-13(17)3/h12-16H,8-11H2,1-7H3. The van der Waals surface area contributed by atoms with Crippen molar-refractivity contribution in [3.05, 3.63) is 0 Å². The van der Waals surface area contributed by atoms with Gasteiger partial charge < -0.3 is 0 Å². The van der Waals surface area contributed by atoms with Gasteiger partial charge in [-0.05, 0) is 59.7 Å². The zero-order valence-electron chi connectivity index (χ0n) is 13.7. The molecule has 0 spiro atoms. The molecular formula is C18H34. The second-order valence-corrected chi connectivity index (χ2v) is 8.39. The van der Waals surface area contributed by atoms with E-state index in [0.29, 0.717) is 10.8 Å². The van der Waals surface area contributed by atoms with Gasteiger partial charge in [0, 0.05) is 0 Å². The minimum Gasteiger partial charge on any atom is -0.0648 e. The van der Waals surface area contributed by atoms with Crippen LogP contribution in [0.2, 0.25) is 0 Å². The van der Waals surface area contributed by atoms with Gasteiger partial charge in [0.25, 0.3) is 0 Å². The van der Waals surface area contributed by atoms with Gasteiger partial charge in [0.2, 0.25) is 0 Å². The van der Waals surface area contributed by atoms with E-state index in [0.717, 1.165) is 29.6 Å². The number of hydrogen-bond acceptors (Lipinski definition) is 0. The first-order chi connectivity index (χ1) is 8.24. The van der Waals surface area contributed by atoms with Gasteiger partial charge in [0.15, 0.2) is 0 Å². The molecule has 0 heterocycles. The van der Waals surface area contributed by atoms with Crippen LogP contribution in [0.25, 0.3) is 0 Å². The van der Waals surface area contributed by atoms with Crippen LogP contribution < -0.4 is 0 Å². The molecule has 0 bridgehead atoms. The Bertz CT molecular complexity index is 307. The van der Waals surface area contributed by atoms with Crippen LogP contribution in [-0.4, -0.2) is 0 Å². The van der Waals surface area contributed by atoms with Gasteiger partial charge >= 0.3 is 0 Å². The highest BCUT2D eigenvalue weighted by Gasteiger charge is 2.52.